The van der Waals surface area contributed by atoms with Crippen molar-refractivity contribution in [3.63, 3.8) is 0 Å². The zero-order chi connectivity index (χ0) is 18.1. The first kappa shape index (κ1) is 18.7. The highest BCUT2D eigenvalue weighted by atomic mass is 127. The number of nitrogens with zero attached hydrogens (tertiary/aromatic N) is 1. The molecule has 0 bridgehead atoms. The second kappa shape index (κ2) is 7.67. The number of hydrogen-bond donors (Lipinski definition) is 1. The van der Waals surface area contributed by atoms with Crippen LogP contribution in [0.3, 0.4) is 0 Å². The third-order valence-electron chi connectivity index (χ3n) is 3.68. The Balaban J connectivity index is 1.87. The van der Waals surface area contributed by atoms with Crippen LogP contribution in [0.2, 0.25) is 0 Å². The van der Waals surface area contributed by atoms with E-state index in [9.17, 15) is 14.7 Å². The molecule has 1 N–H and O–H groups in total. The number of phenols is 1. The Labute approximate surface area is 177 Å². The van der Waals surface area contributed by atoms with Crippen molar-refractivity contribution >= 4 is 74.2 Å². The molecule has 0 spiro atoms. The zero-order valence-electron chi connectivity index (χ0n) is 13.1. The fourth-order valence-electron chi connectivity index (χ4n) is 2.35. The molecule has 128 valence electrons. The molecule has 3 rings (SSSR count). The number of hydrogen-bond acceptors (Lipinski definition) is 4. The molecular formula is C18H13I2NO3S. The molecule has 1 fully saturated rings. The minimum atomic E-state index is -0.330. The molecule has 7 heteroatoms. The molecule has 0 aromatic heterocycles. The van der Waals surface area contributed by atoms with Gasteiger partial charge in [0.1, 0.15) is 5.75 Å². The van der Waals surface area contributed by atoms with Gasteiger partial charge in [0.15, 0.2) is 0 Å². The molecule has 2 aromatic carbocycles. The van der Waals surface area contributed by atoms with E-state index in [0.717, 1.165) is 26.5 Å². The van der Waals surface area contributed by atoms with Crippen molar-refractivity contribution in [1.82, 2.24) is 4.90 Å². The summed E-state index contributed by atoms with van der Waals surface area (Å²) >= 11 is 5.09. The van der Waals surface area contributed by atoms with E-state index in [-0.39, 0.29) is 23.4 Å². The van der Waals surface area contributed by atoms with E-state index < -0.39 is 0 Å². The number of rotatable bonds is 3. The molecule has 0 radical (unpaired) electrons. The highest BCUT2D eigenvalue weighted by molar-refractivity contribution is 14.1. The molecule has 2 amide bonds. The standard InChI is InChI=1S/C18H13I2NO3S/c1-10-2-4-11(5-3-10)9-21-17(23)15(25-18(21)24)7-12-6-13(19)8-14(20)16(12)22/h2-8,22H,9H2,1H3/b15-7-. The predicted octanol–water partition coefficient (Wildman–Crippen LogP) is 5.15. The van der Waals surface area contributed by atoms with Crippen molar-refractivity contribution in [3.05, 3.63) is 65.1 Å². The van der Waals surface area contributed by atoms with Crippen LogP contribution in [0.4, 0.5) is 4.79 Å². The van der Waals surface area contributed by atoms with Gasteiger partial charge in [-0.15, -0.1) is 0 Å². The minimum Gasteiger partial charge on any atom is -0.506 e. The average molecular weight is 577 g/mol. The number of benzene rings is 2. The third kappa shape index (κ3) is 4.20. The van der Waals surface area contributed by atoms with Crippen LogP contribution in [0.15, 0.2) is 41.3 Å². The van der Waals surface area contributed by atoms with Gasteiger partial charge in [0.05, 0.1) is 15.0 Å². The van der Waals surface area contributed by atoms with Crippen LogP contribution in [0, 0.1) is 14.1 Å². The Morgan fingerprint density at radius 2 is 1.84 bits per heavy atom. The molecule has 4 nitrogen and oxygen atoms in total. The van der Waals surface area contributed by atoms with Crippen LogP contribution >= 0.6 is 56.9 Å². The van der Waals surface area contributed by atoms with Crippen molar-refractivity contribution in [2.45, 2.75) is 13.5 Å². The maximum Gasteiger partial charge on any atom is 0.293 e. The lowest BCUT2D eigenvalue weighted by Gasteiger charge is -2.12. The van der Waals surface area contributed by atoms with Gasteiger partial charge in [-0.1, -0.05) is 29.8 Å². The van der Waals surface area contributed by atoms with Gasteiger partial charge in [-0.2, -0.15) is 0 Å². The number of imide groups is 1. The largest absolute Gasteiger partial charge is 0.506 e. The van der Waals surface area contributed by atoms with E-state index in [1.807, 2.05) is 59.8 Å². The quantitative estimate of drug-likeness (QED) is 0.406. The Hall–Kier alpha value is -1.07. The molecule has 0 aliphatic carbocycles. The summed E-state index contributed by atoms with van der Waals surface area (Å²) in [5, 5.41) is 9.89. The lowest BCUT2D eigenvalue weighted by atomic mass is 10.1. The number of phenolic OH excluding ortho intramolecular Hbond substituents is 1. The van der Waals surface area contributed by atoms with Gasteiger partial charge in [0, 0.05) is 9.13 Å². The number of aryl methyl sites for hydroxylation is 1. The molecule has 0 saturated carbocycles. The monoisotopic (exact) mass is 577 g/mol. The van der Waals surface area contributed by atoms with Crippen LogP contribution in [0.1, 0.15) is 16.7 Å². The molecule has 2 aromatic rings. The first-order chi connectivity index (χ1) is 11.8. The Morgan fingerprint density at radius 3 is 2.52 bits per heavy atom. The van der Waals surface area contributed by atoms with Crippen LogP contribution in [0.5, 0.6) is 5.75 Å². The summed E-state index contributed by atoms with van der Waals surface area (Å²) in [5.41, 5.74) is 2.57. The molecule has 1 aliphatic heterocycles. The lowest BCUT2D eigenvalue weighted by molar-refractivity contribution is -0.123. The average Bonchev–Trinajstić information content (AvgIpc) is 2.81. The van der Waals surface area contributed by atoms with E-state index in [1.54, 1.807) is 12.1 Å². The summed E-state index contributed by atoms with van der Waals surface area (Å²) in [6.07, 6.45) is 1.58. The molecule has 0 atom stereocenters. The maximum atomic E-state index is 12.6. The molecule has 1 saturated heterocycles. The van der Waals surface area contributed by atoms with Gasteiger partial charge in [-0.25, -0.2) is 0 Å². The molecule has 1 heterocycles. The van der Waals surface area contributed by atoms with Crippen molar-refractivity contribution in [1.29, 1.82) is 0 Å². The Kier molecular flexibility index (Phi) is 5.74. The van der Waals surface area contributed by atoms with Crippen molar-refractivity contribution in [2.24, 2.45) is 0 Å². The lowest BCUT2D eigenvalue weighted by Crippen LogP contribution is -2.27. The summed E-state index contributed by atoms with van der Waals surface area (Å²) in [6.45, 7) is 2.24. The normalized spacial score (nSPS) is 16.1. The van der Waals surface area contributed by atoms with E-state index in [2.05, 4.69) is 22.6 Å². The van der Waals surface area contributed by atoms with Gasteiger partial charge < -0.3 is 5.11 Å². The number of thioether (sulfide) groups is 1. The summed E-state index contributed by atoms with van der Waals surface area (Å²) < 4.78 is 1.65. The smallest absolute Gasteiger partial charge is 0.293 e. The Bertz CT molecular complexity index is 894. The third-order valence-corrected chi connectivity index (χ3v) is 6.03. The first-order valence-corrected chi connectivity index (χ1v) is 10.3. The SMILES string of the molecule is Cc1ccc(CN2C(=O)S/C(=C\c3cc(I)cc(I)c3O)C2=O)cc1. The Morgan fingerprint density at radius 1 is 1.16 bits per heavy atom. The minimum absolute atomic E-state index is 0.117. The van der Waals surface area contributed by atoms with Crippen LogP contribution < -0.4 is 0 Å². The number of halogens is 2. The second-order valence-corrected chi connectivity index (χ2v) is 8.98. The van der Waals surface area contributed by atoms with Gasteiger partial charge >= 0.3 is 0 Å². The molecular weight excluding hydrogens is 564 g/mol. The highest BCUT2D eigenvalue weighted by Crippen LogP contribution is 2.36. The number of carbonyl (C=O) groups is 2. The number of aromatic hydroxyl groups is 1. The van der Waals surface area contributed by atoms with Gasteiger partial charge in [-0.3, -0.25) is 14.5 Å². The van der Waals surface area contributed by atoms with E-state index >= 15 is 0 Å². The fourth-order valence-corrected chi connectivity index (χ4v) is 5.07. The van der Waals surface area contributed by atoms with Crippen LogP contribution in [-0.2, 0) is 11.3 Å². The van der Waals surface area contributed by atoms with E-state index in [1.165, 1.54) is 4.90 Å². The van der Waals surface area contributed by atoms with Gasteiger partial charge in [0.25, 0.3) is 11.1 Å². The summed E-state index contributed by atoms with van der Waals surface area (Å²) in [7, 11) is 0. The first-order valence-electron chi connectivity index (χ1n) is 7.34. The maximum absolute atomic E-state index is 12.6. The fraction of sp³-hybridized carbons (Fsp3) is 0.111. The summed E-state index contributed by atoms with van der Waals surface area (Å²) in [6, 6.07) is 11.4. The van der Waals surface area contributed by atoms with Crippen LogP contribution in [-0.4, -0.2) is 21.2 Å². The van der Waals surface area contributed by atoms with Crippen LogP contribution in [0.25, 0.3) is 6.08 Å². The summed E-state index contributed by atoms with van der Waals surface area (Å²) in [4.78, 5) is 26.4. The number of carbonyl (C=O) groups excluding carboxylic acids is 2. The topological polar surface area (TPSA) is 57.6 Å². The number of amides is 2. The van der Waals surface area contributed by atoms with E-state index in [0.29, 0.717) is 14.0 Å². The highest BCUT2D eigenvalue weighted by Gasteiger charge is 2.35. The van der Waals surface area contributed by atoms with Crippen molar-refractivity contribution in [2.75, 3.05) is 0 Å². The molecule has 1 aliphatic rings. The summed E-state index contributed by atoms with van der Waals surface area (Å²) in [5.74, 6) is -0.213. The predicted molar refractivity (Wildman–Crippen MR) is 116 cm³/mol. The van der Waals surface area contributed by atoms with Gasteiger partial charge in [-0.05, 0) is 87.6 Å². The zero-order valence-corrected chi connectivity index (χ0v) is 18.3. The second-order valence-electron chi connectivity index (χ2n) is 5.58. The molecule has 25 heavy (non-hydrogen) atoms. The van der Waals surface area contributed by atoms with Crippen molar-refractivity contribution < 1.29 is 14.7 Å². The van der Waals surface area contributed by atoms with Crippen molar-refractivity contribution in [3.8, 4) is 5.75 Å². The van der Waals surface area contributed by atoms with E-state index in [4.69, 9.17) is 0 Å². The molecule has 0 unspecified atom stereocenters. The van der Waals surface area contributed by atoms with Gasteiger partial charge in [0.2, 0.25) is 0 Å².